The summed E-state index contributed by atoms with van der Waals surface area (Å²) >= 11 is 0. The number of aromatic nitrogens is 4. The maximum atomic E-state index is 4.48. The second-order valence-corrected chi connectivity index (χ2v) is 5.51. The third-order valence-electron chi connectivity index (χ3n) is 3.77. The number of hydrogen-bond acceptors (Lipinski definition) is 3. The molecule has 2 aromatic heterocycles. The summed E-state index contributed by atoms with van der Waals surface area (Å²) in [7, 11) is 1.97. The van der Waals surface area contributed by atoms with E-state index in [-0.39, 0.29) is 0 Å². The molecule has 1 N–H and O–H groups in total. The first-order valence-electron chi connectivity index (χ1n) is 6.93. The fraction of sp³-hybridized carbons (Fsp3) is 0.571. The first kappa shape index (κ1) is 12.4. The number of nitrogens with one attached hydrogen (secondary N) is 1. The number of rotatable bonds is 3. The molecule has 0 aromatic carbocycles. The number of hydrogen-bond donors (Lipinski definition) is 1. The number of likely N-dealkylation sites (tertiary alicyclic amines) is 1. The molecule has 0 amide bonds. The van der Waals surface area contributed by atoms with Gasteiger partial charge < -0.3 is 4.98 Å². The van der Waals surface area contributed by atoms with E-state index in [4.69, 9.17) is 0 Å². The Morgan fingerprint density at radius 1 is 1.47 bits per heavy atom. The molecule has 3 heterocycles. The summed E-state index contributed by atoms with van der Waals surface area (Å²) < 4.78 is 1.87. The molecule has 102 valence electrons. The number of aromatic amines is 1. The largest absolute Gasteiger partial charge is 0.346 e. The number of nitrogens with zero attached hydrogens (tertiary/aromatic N) is 4. The Hall–Kier alpha value is -1.62. The minimum absolute atomic E-state index is 0.533. The average Bonchev–Trinajstić information content (AvgIpc) is 2.99. The molecule has 0 bridgehead atoms. The van der Waals surface area contributed by atoms with Crippen LogP contribution in [-0.4, -0.2) is 37.7 Å². The molecule has 1 saturated heterocycles. The van der Waals surface area contributed by atoms with Gasteiger partial charge in [-0.3, -0.25) is 9.58 Å². The third-order valence-corrected chi connectivity index (χ3v) is 3.77. The van der Waals surface area contributed by atoms with E-state index in [1.807, 2.05) is 24.1 Å². The van der Waals surface area contributed by atoms with Gasteiger partial charge in [0.2, 0.25) is 0 Å². The van der Waals surface area contributed by atoms with Crippen molar-refractivity contribution < 1.29 is 0 Å². The van der Waals surface area contributed by atoms with Gasteiger partial charge in [0.1, 0.15) is 5.82 Å². The fourth-order valence-electron chi connectivity index (χ4n) is 2.84. The van der Waals surface area contributed by atoms with Crippen LogP contribution >= 0.6 is 0 Å². The molecule has 0 saturated carbocycles. The smallest absolute Gasteiger partial charge is 0.110 e. The van der Waals surface area contributed by atoms with Crippen LogP contribution in [0.2, 0.25) is 0 Å². The highest BCUT2D eigenvalue weighted by Gasteiger charge is 2.23. The molecule has 3 rings (SSSR count). The topological polar surface area (TPSA) is 49.7 Å². The summed E-state index contributed by atoms with van der Waals surface area (Å²) in [6, 6.07) is 2.10. The van der Waals surface area contributed by atoms with Gasteiger partial charge in [0.05, 0.1) is 5.69 Å². The van der Waals surface area contributed by atoms with Crippen LogP contribution < -0.4 is 0 Å². The van der Waals surface area contributed by atoms with Crippen molar-refractivity contribution in [2.24, 2.45) is 7.05 Å². The van der Waals surface area contributed by atoms with Gasteiger partial charge in [-0.1, -0.05) is 0 Å². The van der Waals surface area contributed by atoms with Crippen LogP contribution in [0.1, 0.15) is 36.0 Å². The van der Waals surface area contributed by atoms with Gasteiger partial charge in [0.25, 0.3) is 0 Å². The van der Waals surface area contributed by atoms with E-state index in [2.05, 4.69) is 33.0 Å². The predicted octanol–water partition coefficient (Wildman–Crippen LogP) is 1.83. The molecular formula is C14H21N5. The summed E-state index contributed by atoms with van der Waals surface area (Å²) in [5.41, 5.74) is 2.30. The van der Waals surface area contributed by atoms with Crippen molar-refractivity contribution in [3.8, 4) is 0 Å². The van der Waals surface area contributed by atoms with E-state index < -0.39 is 0 Å². The van der Waals surface area contributed by atoms with Crippen LogP contribution in [0.3, 0.4) is 0 Å². The number of aryl methyl sites for hydroxylation is 2. The highest BCUT2D eigenvalue weighted by atomic mass is 15.3. The highest BCUT2D eigenvalue weighted by Crippen LogP contribution is 2.25. The summed E-state index contributed by atoms with van der Waals surface area (Å²) in [6.45, 7) is 5.23. The molecule has 1 fully saturated rings. The molecule has 19 heavy (non-hydrogen) atoms. The lowest BCUT2D eigenvalue weighted by molar-refractivity contribution is 0.194. The van der Waals surface area contributed by atoms with Gasteiger partial charge in [0.15, 0.2) is 0 Å². The Morgan fingerprint density at radius 3 is 3.05 bits per heavy atom. The fourth-order valence-corrected chi connectivity index (χ4v) is 2.84. The summed E-state index contributed by atoms with van der Waals surface area (Å²) in [5.74, 6) is 1.68. The lowest BCUT2D eigenvalue weighted by Gasteiger charge is -2.31. The summed E-state index contributed by atoms with van der Waals surface area (Å²) in [6.07, 6.45) is 6.39. The Bertz CT molecular complexity index is 542. The molecule has 1 atom stereocenters. The monoisotopic (exact) mass is 259 g/mol. The SMILES string of the molecule is Cc1cnc([C@@H]2CCCN(Cc3ccn(C)n3)C2)[nH]1. The third kappa shape index (κ3) is 2.87. The molecule has 1 aliphatic heterocycles. The number of piperidine rings is 1. The summed E-state index contributed by atoms with van der Waals surface area (Å²) in [5, 5.41) is 4.46. The van der Waals surface area contributed by atoms with Crippen LogP contribution in [0.25, 0.3) is 0 Å². The van der Waals surface area contributed by atoms with Crippen LogP contribution in [-0.2, 0) is 13.6 Å². The van der Waals surface area contributed by atoms with Crippen molar-refractivity contribution in [3.63, 3.8) is 0 Å². The van der Waals surface area contributed by atoms with Crippen molar-refractivity contribution in [2.75, 3.05) is 13.1 Å². The molecule has 2 aromatic rings. The van der Waals surface area contributed by atoms with E-state index in [1.165, 1.54) is 12.8 Å². The van der Waals surface area contributed by atoms with Crippen molar-refractivity contribution in [1.29, 1.82) is 0 Å². The number of H-pyrrole nitrogens is 1. The van der Waals surface area contributed by atoms with Gasteiger partial charge in [-0.05, 0) is 32.4 Å². The standard InChI is InChI=1S/C14H21N5/c1-11-8-15-14(16-11)12-4-3-6-19(9-12)10-13-5-7-18(2)17-13/h5,7-8,12H,3-4,6,9-10H2,1-2H3,(H,15,16)/t12-/m1/s1. The molecule has 0 spiro atoms. The Morgan fingerprint density at radius 2 is 2.37 bits per heavy atom. The zero-order valence-electron chi connectivity index (χ0n) is 11.6. The molecule has 0 aliphatic carbocycles. The van der Waals surface area contributed by atoms with Crippen LogP contribution in [0, 0.1) is 6.92 Å². The lowest BCUT2D eigenvalue weighted by atomic mass is 9.97. The average molecular weight is 259 g/mol. The second kappa shape index (κ2) is 5.17. The van der Waals surface area contributed by atoms with Gasteiger partial charge in [-0.25, -0.2) is 4.98 Å². The van der Waals surface area contributed by atoms with E-state index >= 15 is 0 Å². The zero-order chi connectivity index (χ0) is 13.2. The quantitative estimate of drug-likeness (QED) is 0.915. The Balaban J connectivity index is 1.64. The molecule has 0 unspecified atom stereocenters. The molecule has 0 radical (unpaired) electrons. The van der Waals surface area contributed by atoms with Gasteiger partial charge >= 0.3 is 0 Å². The van der Waals surface area contributed by atoms with Crippen LogP contribution in [0.15, 0.2) is 18.5 Å². The Labute approximate surface area is 113 Å². The first-order chi connectivity index (χ1) is 9.20. The van der Waals surface area contributed by atoms with Crippen LogP contribution in [0.4, 0.5) is 0 Å². The van der Waals surface area contributed by atoms with Crippen molar-refractivity contribution in [3.05, 3.63) is 35.7 Å². The molecule has 5 heteroatoms. The second-order valence-electron chi connectivity index (χ2n) is 5.51. The maximum Gasteiger partial charge on any atom is 0.110 e. The van der Waals surface area contributed by atoms with Gasteiger partial charge in [-0.15, -0.1) is 0 Å². The van der Waals surface area contributed by atoms with E-state index in [1.54, 1.807) is 0 Å². The normalized spacial score (nSPS) is 20.8. The molecule has 1 aliphatic rings. The Kier molecular flexibility index (Phi) is 3.38. The van der Waals surface area contributed by atoms with E-state index in [0.717, 1.165) is 36.8 Å². The first-order valence-corrected chi connectivity index (χ1v) is 6.93. The lowest BCUT2D eigenvalue weighted by Crippen LogP contribution is -2.34. The molecule has 5 nitrogen and oxygen atoms in total. The molecular weight excluding hydrogens is 238 g/mol. The van der Waals surface area contributed by atoms with Crippen LogP contribution in [0.5, 0.6) is 0 Å². The number of imidazole rings is 1. The minimum atomic E-state index is 0.533. The predicted molar refractivity (Wildman–Crippen MR) is 73.8 cm³/mol. The van der Waals surface area contributed by atoms with Crippen molar-refractivity contribution in [1.82, 2.24) is 24.6 Å². The van der Waals surface area contributed by atoms with Gasteiger partial charge in [0, 0.05) is 44.1 Å². The minimum Gasteiger partial charge on any atom is -0.346 e. The highest BCUT2D eigenvalue weighted by molar-refractivity contribution is 5.06. The van der Waals surface area contributed by atoms with Crippen molar-refractivity contribution in [2.45, 2.75) is 32.2 Å². The summed E-state index contributed by atoms with van der Waals surface area (Å²) in [4.78, 5) is 10.3. The maximum absolute atomic E-state index is 4.48. The van der Waals surface area contributed by atoms with E-state index in [9.17, 15) is 0 Å². The van der Waals surface area contributed by atoms with Gasteiger partial charge in [-0.2, -0.15) is 5.10 Å². The zero-order valence-corrected chi connectivity index (χ0v) is 11.6. The van der Waals surface area contributed by atoms with Crippen molar-refractivity contribution >= 4 is 0 Å². The van der Waals surface area contributed by atoms with E-state index in [0.29, 0.717) is 5.92 Å².